The summed E-state index contributed by atoms with van der Waals surface area (Å²) in [5.41, 5.74) is 0. The van der Waals surface area contributed by atoms with Crippen LogP contribution in [0.2, 0.25) is 0 Å². The van der Waals surface area contributed by atoms with E-state index in [0.29, 0.717) is 19.4 Å². The van der Waals surface area contributed by atoms with E-state index in [1.54, 1.807) is 4.90 Å². The number of piperidine rings is 1. The molecule has 1 unspecified atom stereocenters. The largest absolute Gasteiger partial charge is 0.481 e. The van der Waals surface area contributed by atoms with E-state index in [2.05, 4.69) is 0 Å². The van der Waals surface area contributed by atoms with E-state index in [9.17, 15) is 9.59 Å². The molecule has 0 aromatic heterocycles. The highest BCUT2D eigenvalue weighted by Gasteiger charge is 2.36. The third kappa shape index (κ3) is 2.83. The zero-order valence-corrected chi connectivity index (χ0v) is 10.8. The maximum Gasteiger partial charge on any atom is 0.308 e. The van der Waals surface area contributed by atoms with Crippen molar-refractivity contribution in [1.82, 2.24) is 4.90 Å². The summed E-state index contributed by atoms with van der Waals surface area (Å²) < 4.78 is 5.46. The molecule has 18 heavy (non-hydrogen) atoms. The van der Waals surface area contributed by atoms with Crippen LogP contribution >= 0.6 is 0 Å². The number of carbonyl (C=O) groups excluding carboxylic acids is 1. The molecular formula is C13H21NO4. The van der Waals surface area contributed by atoms with Gasteiger partial charge in [0.25, 0.3) is 0 Å². The Morgan fingerprint density at radius 2 is 2.11 bits per heavy atom. The highest BCUT2D eigenvalue weighted by molar-refractivity contribution is 5.79. The first-order chi connectivity index (χ1) is 8.59. The molecule has 2 aliphatic heterocycles. The number of hydrogen-bond donors (Lipinski definition) is 1. The Bertz CT molecular complexity index is 325. The first-order valence-corrected chi connectivity index (χ1v) is 6.73. The monoisotopic (exact) mass is 255 g/mol. The fraction of sp³-hybridized carbons (Fsp3) is 0.846. The molecule has 0 radical (unpaired) electrons. The number of likely N-dealkylation sites (tertiary alicyclic amines) is 1. The van der Waals surface area contributed by atoms with Gasteiger partial charge in [-0.25, -0.2) is 0 Å². The zero-order chi connectivity index (χ0) is 13.1. The Morgan fingerprint density at radius 1 is 1.33 bits per heavy atom. The molecule has 0 saturated carbocycles. The highest BCUT2D eigenvalue weighted by atomic mass is 16.5. The van der Waals surface area contributed by atoms with Crippen LogP contribution in [0, 0.1) is 5.92 Å². The molecule has 0 aromatic rings. The van der Waals surface area contributed by atoms with E-state index < -0.39 is 11.9 Å². The minimum absolute atomic E-state index is 0.0369. The summed E-state index contributed by atoms with van der Waals surface area (Å²) in [6.45, 7) is 3.26. The van der Waals surface area contributed by atoms with Crippen molar-refractivity contribution >= 4 is 11.9 Å². The summed E-state index contributed by atoms with van der Waals surface area (Å²) in [6.07, 6.45) is 3.84. The van der Waals surface area contributed by atoms with Gasteiger partial charge in [0.2, 0.25) is 5.91 Å². The van der Waals surface area contributed by atoms with Gasteiger partial charge in [-0.05, 0) is 32.6 Å². The van der Waals surface area contributed by atoms with Crippen LogP contribution in [0.4, 0.5) is 0 Å². The lowest BCUT2D eigenvalue weighted by molar-refractivity contribution is -0.149. The fourth-order valence-corrected chi connectivity index (χ4v) is 2.94. The van der Waals surface area contributed by atoms with Crippen LogP contribution in [0.15, 0.2) is 0 Å². The predicted octanol–water partition coefficient (Wildman–Crippen LogP) is 1.27. The molecule has 0 spiro atoms. The smallest absolute Gasteiger partial charge is 0.308 e. The van der Waals surface area contributed by atoms with E-state index >= 15 is 0 Å². The molecule has 102 valence electrons. The zero-order valence-electron chi connectivity index (χ0n) is 10.8. The van der Waals surface area contributed by atoms with Crippen LogP contribution in [0.5, 0.6) is 0 Å². The Kier molecular flexibility index (Phi) is 4.22. The van der Waals surface area contributed by atoms with E-state index in [1.807, 2.05) is 6.92 Å². The van der Waals surface area contributed by atoms with Crippen LogP contribution in [-0.4, -0.2) is 47.2 Å². The number of hydrogen-bond acceptors (Lipinski definition) is 3. The van der Waals surface area contributed by atoms with E-state index in [4.69, 9.17) is 9.84 Å². The number of aliphatic carboxylic acids is 1. The fourth-order valence-electron chi connectivity index (χ4n) is 2.94. The summed E-state index contributed by atoms with van der Waals surface area (Å²) in [7, 11) is 0. The Morgan fingerprint density at radius 3 is 2.72 bits per heavy atom. The molecule has 2 fully saturated rings. The second-order valence-corrected chi connectivity index (χ2v) is 5.25. The van der Waals surface area contributed by atoms with Crippen molar-refractivity contribution in [3.8, 4) is 0 Å². The second-order valence-electron chi connectivity index (χ2n) is 5.25. The van der Waals surface area contributed by atoms with Gasteiger partial charge in [-0.15, -0.1) is 0 Å². The Balaban J connectivity index is 1.93. The molecule has 3 atom stereocenters. The molecule has 0 bridgehead atoms. The van der Waals surface area contributed by atoms with E-state index in [-0.39, 0.29) is 18.1 Å². The third-order valence-corrected chi connectivity index (χ3v) is 4.05. The lowest BCUT2D eigenvalue weighted by Gasteiger charge is -2.38. The molecule has 1 N–H and O–H groups in total. The standard InChI is InChI=1S/C13H21NO4/c1-9-11(13(16)17)5-2-6-14(9)12(15)8-10-4-3-7-18-10/h9-11H,2-8H2,1H3,(H,16,17)/t9-,10?,11-/m1/s1. The van der Waals surface area contributed by atoms with Crippen LogP contribution in [0.3, 0.4) is 0 Å². The van der Waals surface area contributed by atoms with Gasteiger partial charge < -0.3 is 14.7 Å². The van der Waals surface area contributed by atoms with Crippen LogP contribution < -0.4 is 0 Å². The molecular weight excluding hydrogens is 234 g/mol. The van der Waals surface area contributed by atoms with Crippen LogP contribution in [0.1, 0.15) is 39.0 Å². The van der Waals surface area contributed by atoms with Gasteiger partial charge in [-0.1, -0.05) is 0 Å². The Labute approximate surface area is 107 Å². The van der Waals surface area contributed by atoms with Crippen molar-refractivity contribution in [2.45, 2.75) is 51.2 Å². The molecule has 1 amide bonds. The van der Waals surface area contributed by atoms with Crippen molar-refractivity contribution in [2.24, 2.45) is 5.92 Å². The lowest BCUT2D eigenvalue weighted by atomic mass is 9.90. The molecule has 0 aromatic carbocycles. The maximum atomic E-state index is 12.2. The van der Waals surface area contributed by atoms with Crippen molar-refractivity contribution in [3.05, 3.63) is 0 Å². The number of ether oxygens (including phenoxy) is 1. The Hall–Kier alpha value is -1.10. The average molecular weight is 255 g/mol. The van der Waals surface area contributed by atoms with Gasteiger partial charge >= 0.3 is 5.97 Å². The molecule has 0 aliphatic carbocycles. The topological polar surface area (TPSA) is 66.8 Å². The molecule has 5 heteroatoms. The van der Waals surface area contributed by atoms with Crippen LogP contribution in [-0.2, 0) is 14.3 Å². The minimum atomic E-state index is -0.794. The van der Waals surface area contributed by atoms with Crippen molar-refractivity contribution in [3.63, 3.8) is 0 Å². The first kappa shape index (κ1) is 13.3. The number of carboxylic acids is 1. The van der Waals surface area contributed by atoms with Crippen molar-refractivity contribution in [2.75, 3.05) is 13.2 Å². The van der Waals surface area contributed by atoms with Gasteiger partial charge in [0.05, 0.1) is 18.4 Å². The van der Waals surface area contributed by atoms with Gasteiger partial charge in [-0.3, -0.25) is 9.59 Å². The lowest BCUT2D eigenvalue weighted by Crippen LogP contribution is -2.49. The molecule has 5 nitrogen and oxygen atoms in total. The number of amides is 1. The first-order valence-electron chi connectivity index (χ1n) is 6.73. The number of nitrogens with zero attached hydrogens (tertiary/aromatic N) is 1. The highest BCUT2D eigenvalue weighted by Crippen LogP contribution is 2.25. The second kappa shape index (κ2) is 5.69. The normalized spacial score (nSPS) is 32.5. The average Bonchev–Trinajstić information content (AvgIpc) is 2.81. The molecule has 2 aliphatic rings. The summed E-state index contributed by atoms with van der Waals surface area (Å²) in [4.78, 5) is 25.0. The number of carbonyl (C=O) groups is 2. The van der Waals surface area contributed by atoms with E-state index in [1.165, 1.54) is 0 Å². The molecule has 2 saturated heterocycles. The number of rotatable bonds is 3. The van der Waals surface area contributed by atoms with E-state index in [0.717, 1.165) is 25.9 Å². The summed E-state index contributed by atoms with van der Waals surface area (Å²) in [5.74, 6) is -1.18. The third-order valence-electron chi connectivity index (χ3n) is 4.05. The van der Waals surface area contributed by atoms with Gasteiger partial charge in [-0.2, -0.15) is 0 Å². The van der Waals surface area contributed by atoms with Crippen LogP contribution in [0.25, 0.3) is 0 Å². The quantitative estimate of drug-likeness (QED) is 0.824. The minimum Gasteiger partial charge on any atom is -0.481 e. The summed E-state index contributed by atoms with van der Waals surface area (Å²) >= 11 is 0. The van der Waals surface area contributed by atoms with Crippen molar-refractivity contribution in [1.29, 1.82) is 0 Å². The predicted molar refractivity (Wildman–Crippen MR) is 65.1 cm³/mol. The molecule has 2 rings (SSSR count). The summed E-state index contributed by atoms with van der Waals surface area (Å²) in [6, 6.07) is -0.204. The van der Waals surface area contributed by atoms with Gasteiger partial charge in [0.1, 0.15) is 0 Å². The SMILES string of the molecule is C[C@@H]1[C@H](C(=O)O)CCCN1C(=O)CC1CCCO1. The van der Waals surface area contributed by atoms with Gasteiger partial charge in [0, 0.05) is 19.2 Å². The molecule has 2 heterocycles. The van der Waals surface area contributed by atoms with Gasteiger partial charge in [0.15, 0.2) is 0 Å². The van der Waals surface area contributed by atoms with Crippen molar-refractivity contribution < 1.29 is 19.4 Å². The summed E-state index contributed by atoms with van der Waals surface area (Å²) in [5, 5.41) is 9.13. The number of carboxylic acid groups (broad SMARTS) is 1. The maximum absolute atomic E-state index is 12.2.